The Bertz CT molecular complexity index is 649. The second kappa shape index (κ2) is 7.21. The molecule has 23 heavy (non-hydrogen) atoms. The highest BCUT2D eigenvalue weighted by molar-refractivity contribution is 7.14. The number of thiazole rings is 1. The summed E-state index contributed by atoms with van der Waals surface area (Å²) in [5.74, 6) is -0.0275. The Hall–Kier alpha value is -1.76. The van der Waals surface area contributed by atoms with Gasteiger partial charge in [-0.25, -0.2) is 4.98 Å². The van der Waals surface area contributed by atoms with Crippen LogP contribution in [0.25, 0.3) is 11.3 Å². The van der Waals surface area contributed by atoms with Gasteiger partial charge in [-0.15, -0.1) is 11.3 Å². The van der Waals surface area contributed by atoms with Gasteiger partial charge in [0.05, 0.1) is 24.4 Å². The average molecular weight is 331 g/mol. The van der Waals surface area contributed by atoms with Gasteiger partial charge in [-0.05, 0) is 13.8 Å². The fraction of sp³-hybridized carbons (Fsp3) is 0.412. The van der Waals surface area contributed by atoms with E-state index in [9.17, 15) is 4.79 Å². The summed E-state index contributed by atoms with van der Waals surface area (Å²) in [4.78, 5) is 18.8. The number of carbonyl (C=O) groups excluding carboxylic acids is 1. The molecule has 1 saturated heterocycles. The fourth-order valence-electron chi connectivity index (χ4n) is 2.85. The van der Waals surface area contributed by atoms with Crippen LogP contribution >= 0.6 is 11.3 Å². The topological polar surface area (TPSA) is 54.5 Å². The van der Waals surface area contributed by atoms with Crippen LogP contribution < -0.4 is 5.32 Å². The summed E-state index contributed by atoms with van der Waals surface area (Å²) < 4.78 is 5.68. The summed E-state index contributed by atoms with van der Waals surface area (Å²) in [5, 5.41) is 5.50. The van der Waals surface area contributed by atoms with E-state index in [1.807, 2.05) is 49.6 Å². The zero-order chi connectivity index (χ0) is 16.2. The van der Waals surface area contributed by atoms with Gasteiger partial charge in [0.2, 0.25) is 5.91 Å². The van der Waals surface area contributed by atoms with E-state index in [0.717, 1.165) is 24.3 Å². The Balaban J connectivity index is 1.57. The Morgan fingerprint density at radius 1 is 1.30 bits per heavy atom. The highest BCUT2D eigenvalue weighted by Gasteiger charge is 2.23. The molecule has 1 aliphatic rings. The molecule has 1 aromatic carbocycles. The number of nitrogens with zero attached hydrogens (tertiary/aromatic N) is 2. The second-order valence-corrected chi connectivity index (χ2v) is 6.76. The highest BCUT2D eigenvalue weighted by atomic mass is 32.1. The molecule has 0 spiro atoms. The molecule has 1 aliphatic heterocycles. The smallest absolute Gasteiger partial charge is 0.240 e. The molecule has 6 heteroatoms. The lowest BCUT2D eigenvalue weighted by Gasteiger charge is -2.34. The van der Waals surface area contributed by atoms with E-state index < -0.39 is 0 Å². The monoisotopic (exact) mass is 331 g/mol. The quantitative estimate of drug-likeness (QED) is 0.936. The first kappa shape index (κ1) is 16.1. The number of hydrogen-bond donors (Lipinski definition) is 1. The number of carbonyl (C=O) groups is 1. The Morgan fingerprint density at radius 2 is 2.00 bits per heavy atom. The van der Waals surface area contributed by atoms with Gasteiger partial charge in [0.15, 0.2) is 5.13 Å². The largest absolute Gasteiger partial charge is 0.373 e. The predicted molar refractivity (Wildman–Crippen MR) is 92.6 cm³/mol. The van der Waals surface area contributed by atoms with Gasteiger partial charge >= 0.3 is 0 Å². The van der Waals surface area contributed by atoms with Gasteiger partial charge < -0.3 is 10.1 Å². The minimum Gasteiger partial charge on any atom is -0.373 e. The third-order valence-electron chi connectivity index (χ3n) is 3.68. The summed E-state index contributed by atoms with van der Waals surface area (Å²) in [7, 11) is 0. The lowest BCUT2D eigenvalue weighted by molar-refractivity contribution is -0.121. The number of anilines is 1. The van der Waals surface area contributed by atoms with Crippen LogP contribution in [0, 0.1) is 0 Å². The SMILES string of the molecule is CC1CN(CC(=O)Nc2nc(-c3ccccc3)cs2)CC(C)O1. The Morgan fingerprint density at radius 3 is 2.70 bits per heavy atom. The summed E-state index contributed by atoms with van der Waals surface area (Å²) in [5.41, 5.74) is 1.94. The number of hydrogen-bond acceptors (Lipinski definition) is 5. The van der Waals surface area contributed by atoms with Crippen molar-refractivity contribution in [1.82, 2.24) is 9.88 Å². The molecule has 122 valence electrons. The summed E-state index contributed by atoms with van der Waals surface area (Å²) in [6.07, 6.45) is 0.326. The van der Waals surface area contributed by atoms with E-state index >= 15 is 0 Å². The summed E-state index contributed by atoms with van der Waals surface area (Å²) >= 11 is 1.45. The average Bonchev–Trinajstić information content (AvgIpc) is 2.95. The molecule has 1 N–H and O–H groups in total. The van der Waals surface area contributed by atoms with Gasteiger partial charge in [-0.3, -0.25) is 9.69 Å². The molecule has 1 amide bonds. The lowest BCUT2D eigenvalue weighted by Crippen LogP contribution is -2.48. The number of benzene rings is 1. The van der Waals surface area contributed by atoms with E-state index in [0.29, 0.717) is 11.7 Å². The maximum atomic E-state index is 12.2. The lowest BCUT2D eigenvalue weighted by atomic mass is 10.2. The van der Waals surface area contributed by atoms with E-state index in [4.69, 9.17) is 4.74 Å². The van der Waals surface area contributed by atoms with Crippen molar-refractivity contribution in [2.45, 2.75) is 26.1 Å². The first-order valence-electron chi connectivity index (χ1n) is 7.79. The second-order valence-electron chi connectivity index (χ2n) is 5.90. The van der Waals surface area contributed by atoms with Gasteiger partial charge in [0.1, 0.15) is 0 Å². The number of aromatic nitrogens is 1. The number of nitrogens with one attached hydrogen (secondary N) is 1. The van der Waals surface area contributed by atoms with Gasteiger partial charge in [0, 0.05) is 24.0 Å². The molecule has 1 fully saturated rings. The molecule has 2 unspecified atom stereocenters. The Kier molecular flexibility index (Phi) is 5.05. The number of morpholine rings is 1. The van der Waals surface area contributed by atoms with E-state index in [-0.39, 0.29) is 18.1 Å². The maximum absolute atomic E-state index is 12.2. The minimum absolute atomic E-state index is 0.0275. The van der Waals surface area contributed by atoms with Crippen LogP contribution in [0.2, 0.25) is 0 Å². The molecule has 1 aromatic heterocycles. The van der Waals surface area contributed by atoms with Gasteiger partial charge in [0.25, 0.3) is 0 Å². The molecule has 2 aromatic rings. The molecule has 0 bridgehead atoms. The van der Waals surface area contributed by atoms with E-state index in [1.54, 1.807) is 0 Å². The third kappa shape index (κ3) is 4.37. The van der Waals surface area contributed by atoms with E-state index in [1.165, 1.54) is 11.3 Å². The van der Waals surface area contributed by atoms with Crippen LogP contribution in [0.3, 0.4) is 0 Å². The molecular weight excluding hydrogens is 310 g/mol. The van der Waals surface area contributed by atoms with Crippen LogP contribution in [0.4, 0.5) is 5.13 Å². The van der Waals surface area contributed by atoms with Crippen molar-refractivity contribution >= 4 is 22.4 Å². The van der Waals surface area contributed by atoms with Crippen LogP contribution in [0.1, 0.15) is 13.8 Å². The van der Waals surface area contributed by atoms with Gasteiger partial charge in [-0.2, -0.15) is 0 Å². The van der Waals surface area contributed by atoms with Crippen molar-refractivity contribution in [3.63, 3.8) is 0 Å². The Labute approximate surface area is 140 Å². The van der Waals surface area contributed by atoms with Gasteiger partial charge in [-0.1, -0.05) is 30.3 Å². The van der Waals surface area contributed by atoms with Crippen molar-refractivity contribution in [3.8, 4) is 11.3 Å². The van der Waals surface area contributed by atoms with Crippen molar-refractivity contribution in [3.05, 3.63) is 35.7 Å². The highest BCUT2D eigenvalue weighted by Crippen LogP contribution is 2.24. The molecule has 0 radical (unpaired) electrons. The zero-order valence-corrected chi connectivity index (χ0v) is 14.2. The normalized spacial score (nSPS) is 22.0. The molecule has 0 aliphatic carbocycles. The minimum atomic E-state index is -0.0275. The maximum Gasteiger partial charge on any atom is 0.240 e. The molecule has 2 atom stereocenters. The molecule has 5 nitrogen and oxygen atoms in total. The first-order chi connectivity index (χ1) is 11.1. The molecule has 3 rings (SSSR count). The third-order valence-corrected chi connectivity index (χ3v) is 4.44. The molecular formula is C17H21N3O2S. The standard InChI is InChI=1S/C17H21N3O2S/c1-12-8-20(9-13(2)22-12)10-16(21)19-17-18-15(11-23-17)14-6-4-3-5-7-14/h3-7,11-13H,8-10H2,1-2H3,(H,18,19,21). The van der Waals surface area contributed by atoms with Crippen LogP contribution in [-0.2, 0) is 9.53 Å². The molecule has 2 heterocycles. The summed E-state index contributed by atoms with van der Waals surface area (Å²) in [6.45, 7) is 6.01. The van der Waals surface area contributed by atoms with Crippen LogP contribution in [0.5, 0.6) is 0 Å². The number of rotatable bonds is 4. The first-order valence-corrected chi connectivity index (χ1v) is 8.67. The number of amides is 1. The van der Waals surface area contributed by atoms with Crippen LogP contribution in [-0.4, -0.2) is 47.6 Å². The van der Waals surface area contributed by atoms with Crippen LogP contribution in [0.15, 0.2) is 35.7 Å². The zero-order valence-electron chi connectivity index (χ0n) is 13.4. The predicted octanol–water partition coefficient (Wildman–Crippen LogP) is 2.86. The van der Waals surface area contributed by atoms with Crippen molar-refractivity contribution in [1.29, 1.82) is 0 Å². The van der Waals surface area contributed by atoms with Crippen molar-refractivity contribution < 1.29 is 9.53 Å². The van der Waals surface area contributed by atoms with E-state index in [2.05, 4.69) is 15.2 Å². The summed E-state index contributed by atoms with van der Waals surface area (Å²) in [6, 6.07) is 9.96. The van der Waals surface area contributed by atoms with Crippen molar-refractivity contribution in [2.24, 2.45) is 0 Å². The fourth-order valence-corrected chi connectivity index (χ4v) is 3.58. The molecule has 0 saturated carbocycles. The number of ether oxygens (including phenoxy) is 1. The van der Waals surface area contributed by atoms with Crippen molar-refractivity contribution in [2.75, 3.05) is 25.0 Å².